The van der Waals surface area contributed by atoms with Gasteiger partial charge in [-0.2, -0.15) is 0 Å². The molecule has 0 radical (unpaired) electrons. The first-order valence-electron chi connectivity index (χ1n) is 8.25. The van der Waals surface area contributed by atoms with Gasteiger partial charge < -0.3 is 9.64 Å². The number of nitrogens with zero attached hydrogens (tertiary/aromatic N) is 5. The lowest BCUT2D eigenvalue weighted by molar-refractivity contribution is 0.413. The monoisotopic (exact) mass is 333 g/mol. The fourth-order valence-corrected chi connectivity index (χ4v) is 3.24. The third-order valence-electron chi connectivity index (χ3n) is 4.54. The van der Waals surface area contributed by atoms with Crippen LogP contribution >= 0.6 is 0 Å². The third-order valence-corrected chi connectivity index (χ3v) is 4.54. The zero-order valence-electron chi connectivity index (χ0n) is 14.3. The molecule has 6 nitrogen and oxygen atoms in total. The van der Waals surface area contributed by atoms with Gasteiger partial charge in [0.05, 0.1) is 25.2 Å². The lowest BCUT2D eigenvalue weighted by Gasteiger charge is -2.31. The lowest BCUT2D eigenvalue weighted by Crippen LogP contribution is -2.31. The highest BCUT2D eigenvalue weighted by Gasteiger charge is 2.20. The summed E-state index contributed by atoms with van der Waals surface area (Å²) >= 11 is 0. The summed E-state index contributed by atoms with van der Waals surface area (Å²) in [5.74, 6) is 1.99. The highest BCUT2D eigenvalue weighted by Crippen LogP contribution is 2.29. The minimum Gasteiger partial charge on any atom is -0.497 e. The molecule has 3 aromatic rings. The van der Waals surface area contributed by atoms with Crippen LogP contribution in [0.3, 0.4) is 0 Å². The number of ether oxygens (including phenoxy) is 1. The second kappa shape index (κ2) is 6.47. The second-order valence-electron chi connectivity index (χ2n) is 6.09. The van der Waals surface area contributed by atoms with Crippen LogP contribution in [0.15, 0.2) is 43.0 Å². The molecule has 0 amide bonds. The Bertz CT molecular complexity index is 880. The first-order valence-corrected chi connectivity index (χ1v) is 8.25. The Kier molecular flexibility index (Phi) is 4.01. The molecule has 0 unspecified atom stereocenters. The van der Waals surface area contributed by atoms with Crippen LogP contribution in [0.4, 0.5) is 5.69 Å². The summed E-state index contributed by atoms with van der Waals surface area (Å²) in [6.07, 6.45) is 8.08. The SMILES string of the molecule is COc1cc(C)c2c(c1)CN(c1cnc(-c3ncccn3)nc1)CC2. The van der Waals surface area contributed by atoms with Crippen molar-refractivity contribution in [1.29, 1.82) is 0 Å². The second-order valence-corrected chi connectivity index (χ2v) is 6.09. The van der Waals surface area contributed by atoms with Crippen molar-refractivity contribution in [3.05, 3.63) is 59.7 Å². The number of aromatic nitrogens is 4. The van der Waals surface area contributed by atoms with Crippen LogP contribution in [0.2, 0.25) is 0 Å². The minimum atomic E-state index is 0.540. The molecule has 2 aromatic heterocycles. The van der Waals surface area contributed by atoms with Gasteiger partial charge in [0.2, 0.25) is 0 Å². The summed E-state index contributed by atoms with van der Waals surface area (Å²) in [5.41, 5.74) is 5.03. The fourth-order valence-electron chi connectivity index (χ4n) is 3.24. The molecule has 0 saturated carbocycles. The molecule has 4 rings (SSSR count). The Morgan fingerprint density at radius 2 is 1.72 bits per heavy atom. The Labute approximate surface area is 146 Å². The molecule has 1 aliphatic rings. The van der Waals surface area contributed by atoms with Gasteiger partial charge in [0.15, 0.2) is 11.6 Å². The van der Waals surface area contributed by atoms with E-state index in [4.69, 9.17) is 4.74 Å². The van der Waals surface area contributed by atoms with Crippen molar-refractivity contribution < 1.29 is 4.74 Å². The van der Waals surface area contributed by atoms with Gasteiger partial charge in [-0.15, -0.1) is 0 Å². The van der Waals surface area contributed by atoms with Crippen LogP contribution in [0.25, 0.3) is 11.6 Å². The quantitative estimate of drug-likeness (QED) is 0.734. The maximum Gasteiger partial charge on any atom is 0.197 e. The van der Waals surface area contributed by atoms with E-state index in [-0.39, 0.29) is 0 Å². The minimum absolute atomic E-state index is 0.540. The average molecular weight is 333 g/mol. The molecular weight excluding hydrogens is 314 g/mol. The zero-order chi connectivity index (χ0) is 17.2. The predicted molar refractivity (Wildman–Crippen MR) is 95.5 cm³/mol. The van der Waals surface area contributed by atoms with E-state index in [2.05, 4.69) is 43.9 Å². The van der Waals surface area contributed by atoms with E-state index in [1.807, 2.05) is 12.4 Å². The Morgan fingerprint density at radius 1 is 1.00 bits per heavy atom. The van der Waals surface area contributed by atoms with Gasteiger partial charge in [0, 0.05) is 25.5 Å². The number of aryl methyl sites for hydroxylation is 1. The molecule has 126 valence electrons. The first-order chi connectivity index (χ1) is 12.2. The van der Waals surface area contributed by atoms with Crippen molar-refractivity contribution in [2.24, 2.45) is 0 Å². The Balaban J connectivity index is 1.58. The van der Waals surface area contributed by atoms with Crippen molar-refractivity contribution in [3.63, 3.8) is 0 Å². The summed E-state index contributed by atoms with van der Waals surface area (Å²) in [5, 5.41) is 0. The average Bonchev–Trinajstić information content (AvgIpc) is 2.68. The van der Waals surface area contributed by atoms with E-state index in [0.717, 1.165) is 30.9 Å². The summed E-state index contributed by atoms with van der Waals surface area (Å²) in [7, 11) is 1.71. The molecule has 0 saturated heterocycles. The van der Waals surface area contributed by atoms with Crippen LogP contribution in [-0.2, 0) is 13.0 Å². The Morgan fingerprint density at radius 3 is 2.44 bits per heavy atom. The molecular formula is C19H19N5O. The summed E-state index contributed by atoms with van der Waals surface area (Å²) in [4.78, 5) is 19.5. The summed E-state index contributed by atoms with van der Waals surface area (Å²) in [6.45, 7) is 3.93. The predicted octanol–water partition coefficient (Wildman–Crippen LogP) is 2.81. The van der Waals surface area contributed by atoms with Crippen molar-refractivity contribution in [2.75, 3.05) is 18.6 Å². The maximum absolute atomic E-state index is 5.41. The van der Waals surface area contributed by atoms with Gasteiger partial charge in [0.1, 0.15) is 5.75 Å². The molecule has 0 spiro atoms. The lowest BCUT2D eigenvalue weighted by atomic mass is 9.94. The Hall–Kier alpha value is -3.02. The highest BCUT2D eigenvalue weighted by atomic mass is 16.5. The van der Waals surface area contributed by atoms with Gasteiger partial charge in [-0.3, -0.25) is 0 Å². The third kappa shape index (κ3) is 3.03. The van der Waals surface area contributed by atoms with E-state index < -0.39 is 0 Å². The van der Waals surface area contributed by atoms with E-state index in [1.165, 1.54) is 16.7 Å². The molecule has 3 heterocycles. The summed E-state index contributed by atoms with van der Waals surface area (Å²) < 4.78 is 5.41. The normalized spacial score (nSPS) is 13.4. The first kappa shape index (κ1) is 15.5. The molecule has 0 aliphatic carbocycles. The number of hydrogen-bond acceptors (Lipinski definition) is 6. The molecule has 6 heteroatoms. The van der Waals surface area contributed by atoms with E-state index in [9.17, 15) is 0 Å². The van der Waals surface area contributed by atoms with Crippen LogP contribution < -0.4 is 9.64 Å². The van der Waals surface area contributed by atoms with Crippen LogP contribution in [-0.4, -0.2) is 33.6 Å². The molecule has 0 bridgehead atoms. The number of fused-ring (bicyclic) bond motifs is 1. The molecule has 0 N–H and O–H groups in total. The molecule has 25 heavy (non-hydrogen) atoms. The largest absolute Gasteiger partial charge is 0.497 e. The zero-order valence-corrected chi connectivity index (χ0v) is 14.3. The van der Waals surface area contributed by atoms with Gasteiger partial charge >= 0.3 is 0 Å². The van der Waals surface area contributed by atoms with Crippen molar-refractivity contribution in [2.45, 2.75) is 19.9 Å². The van der Waals surface area contributed by atoms with Gasteiger partial charge in [-0.25, -0.2) is 19.9 Å². The van der Waals surface area contributed by atoms with E-state index in [0.29, 0.717) is 11.6 Å². The van der Waals surface area contributed by atoms with Crippen LogP contribution in [0, 0.1) is 6.92 Å². The summed E-state index contributed by atoms with van der Waals surface area (Å²) in [6, 6.07) is 6.01. The standard InChI is InChI=1S/C19H19N5O/c1-13-8-16(25-2)9-14-12-24(7-4-17(13)14)15-10-22-19(23-11-15)18-20-5-3-6-21-18/h3,5-6,8-11H,4,7,12H2,1-2H3. The van der Waals surface area contributed by atoms with Crippen molar-refractivity contribution >= 4 is 5.69 Å². The number of methoxy groups -OCH3 is 1. The molecule has 1 aliphatic heterocycles. The van der Waals surface area contributed by atoms with Crippen LogP contribution in [0.1, 0.15) is 16.7 Å². The fraction of sp³-hybridized carbons (Fsp3) is 0.263. The number of rotatable bonds is 3. The highest BCUT2D eigenvalue weighted by molar-refractivity contribution is 5.52. The van der Waals surface area contributed by atoms with Crippen molar-refractivity contribution in [1.82, 2.24) is 19.9 Å². The van der Waals surface area contributed by atoms with Gasteiger partial charge in [-0.05, 0) is 48.2 Å². The topological polar surface area (TPSA) is 64.0 Å². The smallest absolute Gasteiger partial charge is 0.197 e. The van der Waals surface area contributed by atoms with Gasteiger partial charge in [-0.1, -0.05) is 0 Å². The number of hydrogen-bond donors (Lipinski definition) is 0. The van der Waals surface area contributed by atoms with Crippen molar-refractivity contribution in [3.8, 4) is 17.4 Å². The molecule has 0 atom stereocenters. The van der Waals surface area contributed by atoms with E-state index in [1.54, 1.807) is 25.6 Å². The van der Waals surface area contributed by atoms with Gasteiger partial charge in [0.25, 0.3) is 0 Å². The maximum atomic E-state index is 5.41. The number of benzene rings is 1. The van der Waals surface area contributed by atoms with Crippen LogP contribution in [0.5, 0.6) is 5.75 Å². The van der Waals surface area contributed by atoms with E-state index >= 15 is 0 Å². The molecule has 0 fully saturated rings. The number of anilines is 1. The molecule has 1 aromatic carbocycles.